The molecule has 1 saturated heterocycles. The monoisotopic (exact) mass is 469 g/mol. The average Bonchev–Trinajstić information content (AvgIpc) is 3.25. The number of rotatable bonds is 6. The van der Waals surface area contributed by atoms with Crippen LogP contribution in [0.25, 0.3) is 0 Å². The minimum absolute atomic E-state index is 0.00776. The first kappa shape index (κ1) is 22.3. The predicted octanol–water partition coefficient (Wildman–Crippen LogP) is 5.24. The zero-order valence-electron chi connectivity index (χ0n) is 17.1. The molecule has 31 heavy (non-hydrogen) atoms. The number of hydrogen-bond donors (Lipinski definition) is 2. The van der Waals surface area contributed by atoms with E-state index < -0.39 is 26.6 Å². The van der Waals surface area contributed by atoms with Crippen LogP contribution >= 0.6 is 11.6 Å². The van der Waals surface area contributed by atoms with E-state index in [9.17, 15) is 17.2 Å². The van der Waals surface area contributed by atoms with E-state index in [1.165, 1.54) is 37.5 Å². The molecule has 2 aromatic rings. The largest absolute Gasteiger partial charge is 0.379 e. The van der Waals surface area contributed by atoms with Crippen LogP contribution in [0.15, 0.2) is 41.3 Å². The highest BCUT2D eigenvalue weighted by atomic mass is 35.5. The summed E-state index contributed by atoms with van der Waals surface area (Å²) in [5.41, 5.74) is 0.397. The maximum absolute atomic E-state index is 14.9. The van der Waals surface area contributed by atoms with E-state index in [2.05, 4.69) is 14.9 Å². The smallest absolute Gasteiger partial charge is 0.264 e. The number of benzene rings is 2. The van der Waals surface area contributed by atoms with E-state index in [-0.39, 0.29) is 16.8 Å². The first-order chi connectivity index (χ1) is 14.8. The van der Waals surface area contributed by atoms with Crippen LogP contribution in [0.5, 0.6) is 0 Å². The van der Waals surface area contributed by atoms with Gasteiger partial charge in [-0.1, -0.05) is 30.5 Å². The van der Waals surface area contributed by atoms with Gasteiger partial charge >= 0.3 is 0 Å². The predicted molar refractivity (Wildman–Crippen MR) is 119 cm³/mol. The van der Waals surface area contributed by atoms with E-state index in [0.29, 0.717) is 11.7 Å². The molecule has 1 heterocycles. The maximum atomic E-state index is 14.9. The molecular weight excluding hydrogens is 444 g/mol. The molecule has 5 nitrogen and oxygen atoms in total. The quantitative estimate of drug-likeness (QED) is 0.607. The number of sulfonamides is 1. The summed E-state index contributed by atoms with van der Waals surface area (Å²) in [4.78, 5) is 1.91. The summed E-state index contributed by atoms with van der Waals surface area (Å²) >= 11 is 6.37. The first-order valence-electron chi connectivity index (χ1n) is 10.6. The summed E-state index contributed by atoms with van der Waals surface area (Å²) in [5.74, 6) is -1.51. The summed E-state index contributed by atoms with van der Waals surface area (Å²) in [6.45, 7) is 2.15. The molecule has 0 radical (unpaired) electrons. The third kappa shape index (κ3) is 5.13. The highest BCUT2D eigenvalue weighted by Gasteiger charge is 2.32. The molecule has 1 aliphatic heterocycles. The third-order valence-corrected chi connectivity index (χ3v) is 7.78. The van der Waals surface area contributed by atoms with E-state index in [1.807, 2.05) is 0 Å². The topological polar surface area (TPSA) is 61.4 Å². The van der Waals surface area contributed by atoms with Crippen LogP contribution in [-0.2, 0) is 10.0 Å². The van der Waals surface area contributed by atoms with Crippen molar-refractivity contribution in [3.8, 4) is 0 Å². The molecule has 0 bridgehead atoms. The normalized spacial score (nSPS) is 22.4. The highest BCUT2D eigenvalue weighted by Crippen LogP contribution is 2.33. The molecule has 1 unspecified atom stereocenters. The Labute approximate surface area is 186 Å². The molecule has 0 aromatic heterocycles. The van der Waals surface area contributed by atoms with Crippen molar-refractivity contribution >= 4 is 33.0 Å². The molecule has 168 valence electrons. The zero-order valence-corrected chi connectivity index (χ0v) is 18.7. The number of anilines is 2. The van der Waals surface area contributed by atoms with Gasteiger partial charge in [-0.2, -0.15) is 0 Å². The summed E-state index contributed by atoms with van der Waals surface area (Å²) in [5, 5.41) is 3.51. The van der Waals surface area contributed by atoms with Crippen LogP contribution in [-0.4, -0.2) is 38.5 Å². The summed E-state index contributed by atoms with van der Waals surface area (Å²) in [6.07, 6.45) is 6.70. The van der Waals surface area contributed by atoms with Gasteiger partial charge in [0.25, 0.3) is 10.0 Å². The number of likely N-dealkylation sites (tertiary alicyclic amines) is 1. The molecule has 2 fully saturated rings. The van der Waals surface area contributed by atoms with Gasteiger partial charge in [0, 0.05) is 12.1 Å². The SMILES string of the molecule is O=S(=O)(Nc1cccc(F)c1)c1cc(Cl)c(NC2CCCC[C@@H]2N2CCCC2)cc1F. The standard InChI is InChI=1S/C22H26ClF2N3O2S/c23-17-13-22(31(29,30)27-16-7-5-6-15(24)12-16)18(25)14-20(17)26-19-8-1-2-9-21(19)28-10-3-4-11-28/h5-7,12-14,19,21,26-27H,1-4,8-11H2/t19?,21-/m0/s1. The molecule has 9 heteroatoms. The Hall–Kier alpha value is -1.90. The molecule has 2 N–H and O–H groups in total. The Bertz CT molecular complexity index is 1050. The fourth-order valence-corrected chi connectivity index (χ4v) is 6.02. The van der Waals surface area contributed by atoms with Crippen molar-refractivity contribution in [3.63, 3.8) is 0 Å². The van der Waals surface area contributed by atoms with Crippen LogP contribution in [0.2, 0.25) is 5.02 Å². The second kappa shape index (κ2) is 9.30. The highest BCUT2D eigenvalue weighted by molar-refractivity contribution is 7.92. The molecule has 2 atom stereocenters. The molecule has 0 spiro atoms. The Morgan fingerprint density at radius 1 is 1.00 bits per heavy atom. The van der Waals surface area contributed by atoms with Crippen molar-refractivity contribution in [2.24, 2.45) is 0 Å². The van der Waals surface area contributed by atoms with Gasteiger partial charge < -0.3 is 5.32 Å². The lowest BCUT2D eigenvalue weighted by Gasteiger charge is -2.39. The summed E-state index contributed by atoms with van der Waals surface area (Å²) in [7, 11) is -4.27. The minimum Gasteiger partial charge on any atom is -0.379 e. The molecule has 2 aromatic carbocycles. The lowest BCUT2D eigenvalue weighted by atomic mass is 9.89. The van der Waals surface area contributed by atoms with E-state index >= 15 is 0 Å². The van der Waals surface area contributed by atoms with Crippen molar-refractivity contribution < 1.29 is 17.2 Å². The van der Waals surface area contributed by atoms with Crippen LogP contribution in [0.4, 0.5) is 20.2 Å². The lowest BCUT2D eigenvalue weighted by molar-refractivity contribution is 0.177. The van der Waals surface area contributed by atoms with E-state index in [0.717, 1.165) is 50.6 Å². The Morgan fingerprint density at radius 3 is 2.48 bits per heavy atom. The molecule has 0 amide bonds. The van der Waals surface area contributed by atoms with E-state index in [1.54, 1.807) is 0 Å². The van der Waals surface area contributed by atoms with Gasteiger partial charge in [0.1, 0.15) is 16.5 Å². The van der Waals surface area contributed by atoms with E-state index in [4.69, 9.17) is 11.6 Å². The van der Waals surface area contributed by atoms with Crippen molar-refractivity contribution in [2.45, 2.75) is 55.5 Å². The summed E-state index contributed by atoms with van der Waals surface area (Å²) < 4.78 is 55.7. The van der Waals surface area contributed by atoms with Gasteiger partial charge in [-0.25, -0.2) is 17.2 Å². The van der Waals surface area contributed by atoms with Crippen LogP contribution < -0.4 is 10.0 Å². The van der Waals surface area contributed by atoms with Gasteiger partial charge in [0.15, 0.2) is 0 Å². The number of hydrogen-bond acceptors (Lipinski definition) is 4. The number of nitrogens with zero attached hydrogens (tertiary/aromatic N) is 1. The molecule has 2 aliphatic rings. The Kier molecular flexibility index (Phi) is 6.69. The lowest BCUT2D eigenvalue weighted by Crippen LogP contribution is -2.47. The Balaban J connectivity index is 1.55. The number of halogens is 3. The average molecular weight is 470 g/mol. The van der Waals surface area contributed by atoms with Crippen LogP contribution in [0, 0.1) is 11.6 Å². The third-order valence-electron chi connectivity index (χ3n) is 6.07. The number of nitrogens with one attached hydrogen (secondary N) is 2. The van der Waals surface area contributed by atoms with Crippen molar-refractivity contribution in [1.82, 2.24) is 4.90 Å². The van der Waals surface area contributed by atoms with Crippen molar-refractivity contribution in [1.29, 1.82) is 0 Å². The first-order valence-corrected chi connectivity index (χ1v) is 12.5. The second-order valence-corrected chi connectivity index (χ2v) is 10.3. The molecule has 4 rings (SSSR count). The zero-order chi connectivity index (χ0) is 22.0. The van der Waals surface area contributed by atoms with Gasteiger partial charge in [0.2, 0.25) is 0 Å². The van der Waals surface area contributed by atoms with Crippen molar-refractivity contribution in [3.05, 3.63) is 53.1 Å². The minimum atomic E-state index is -4.27. The fourth-order valence-electron chi connectivity index (χ4n) is 4.60. The Morgan fingerprint density at radius 2 is 1.74 bits per heavy atom. The maximum Gasteiger partial charge on any atom is 0.264 e. The fraction of sp³-hybridized carbons (Fsp3) is 0.455. The van der Waals surface area contributed by atoms with Gasteiger partial charge in [-0.15, -0.1) is 0 Å². The molecule has 1 aliphatic carbocycles. The van der Waals surface area contributed by atoms with Crippen LogP contribution in [0.3, 0.4) is 0 Å². The van der Waals surface area contributed by atoms with Gasteiger partial charge in [-0.05, 0) is 69.1 Å². The van der Waals surface area contributed by atoms with Gasteiger partial charge in [-0.3, -0.25) is 9.62 Å². The molecular formula is C22H26ClF2N3O2S. The molecule has 1 saturated carbocycles. The second-order valence-electron chi connectivity index (χ2n) is 8.22. The summed E-state index contributed by atoms with van der Waals surface area (Å²) in [6, 6.07) is 7.71. The van der Waals surface area contributed by atoms with Crippen molar-refractivity contribution in [2.75, 3.05) is 23.1 Å². The van der Waals surface area contributed by atoms with Gasteiger partial charge in [0.05, 0.1) is 16.4 Å². The van der Waals surface area contributed by atoms with Crippen LogP contribution in [0.1, 0.15) is 38.5 Å².